The monoisotopic (exact) mass is 380 g/mol. The summed E-state index contributed by atoms with van der Waals surface area (Å²) in [5.74, 6) is -0.927. The molecule has 0 N–H and O–H groups in total. The molecule has 0 aromatic heterocycles. The van der Waals surface area contributed by atoms with Gasteiger partial charge in [-0.05, 0) is 31.6 Å². The highest BCUT2D eigenvalue weighted by Gasteiger charge is 2.42. The molecule has 1 heterocycles. The molecule has 1 fully saturated rings. The highest BCUT2D eigenvalue weighted by Crippen LogP contribution is 2.29. The van der Waals surface area contributed by atoms with Crippen molar-refractivity contribution < 1.29 is 19.1 Å². The number of carbonyl (C=O) groups is 3. The van der Waals surface area contributed by atoms with Gasteiger partial charge in [0.15, 0.2) is 5.37 Å². The molecule has 0 aromatic rings. The van der Waals surface area contributed by atoms with E-state index < -0.39 is 28.4 Å². The van der Waals surface area contributed by atoms with E-state index in [-0.39, 0.29) is 6.61 Å². The predicted molar refractivity (Wildman–Crippen MR) is 105 cm³/mol. The van der Waals surface area contributed by atoms with Crippen LogP contribution in [0.5, 0.6) is 0 Å². The van der Waals surface area contributed by atoms with Gasteiger partial charge in [-0.3, -0.25) is 14.6 Å². The Balaban J connectivity index is 2.59. The van der Waals surface area contributed by atoms with Gasteiger partial charge in [0, 0.05) is 23.9 Å². The van der Waals surface area contributed by atoms with Crippen LogP contribution in [-0.2, 0) is 19.1 Å². The third-order valence-corrected chi connectivity index (χ3v) is 5.60. The van der Waals surface area contributed by atoms with E-state index in [1.54, 1.807) is 26.1 Å². The average molecular weight is 381 g/mol. The highest BCUT2D eigenvalue weighted by molar-refractivity contribution is 8.00. The molecule has 1 atom stereocenters. The third kappa shape index (κ3) is 5.83. The molecule has 26 heavy (non-hydrogen) atoms. The van der Waals surface area contributed by atoms with E-state index in [9.17, 15) is 14.4 Å². The molecule has 6 nitrogen and oxygen atoms in total. The van der Waals surface area contributed by atoms with Crippen molar-refractivity contribution in [2.45, 2.75) is 45.4 Å². The molecule has 144 valence electrons. The lowest BCUT2D eigenvalue weighted by molar-refractivity contribution is -0.155. The fourth-order valence-corrected chi connectivity index (χ4v) is 3.42. The molecule has 1 aliphatic heterocycles. The molecule has 1 saturated heterocycles. The number of aliphatic imine (C=N–C) groups is 1. The first-order valence-corrected chi connectivity index (χ1v) is 9.74. The summed E-state index contributed by atoms with van der Waals surface area (Å²) in [7, 11) is 0. The van der Waals surface area contributed by atoms with E-state index in [4.69, 9.17) is 4.74 Å². The van der Waals surface area contributed by atoms with Crippen molar-refractivity contribution in [3.05, 3.63) is 24.4 Å². The molecule has 0 aliphatic carbocycles. The van der Waals surface area contributed by atoms with Crippen LogP contribution in [0.1, 0.15) is 40.0 Å². The van der Waals surface area contributed by atoms with Gasteiger partial charge in [-0.2, -0.15) is 0 Å². The van der Waals surface area contributed by atoms with Crippen molar-refractivity contribution >= 4 is 36.1 Å². The van der Waals surface area contributed by atoms with E-state index in [0.717, 1.165) is 5.57 Å². The van der Waals surface area contributed by atoms with Crippen LogP contribution in [0.25, 0.3) is 0 Å². The number of thioether (sulfide) groups is 1. The van der Waals surface area contributed by atoms with E-state index in [2.05, 4.69) is 18.3 Å². The SMILES string of the molecule is C=C/C(=C\N=C)CCCOC(=O)[C@H]1SCCN1C(=O)C(=O)C(C)(C)CC. The number of carbonyl (C=O) groups excluding carboxylic acids is 3. The number of ether oxygens (including phenoxy) is 1. The number of rotatable bonds is 10. The van der Waals surface area contributed by atoms with Crippen LogP contribution in [0.4, 0.5) is 0 Å². The van der Waals surface area contributed by atoms with Crippen molar-refractivity contribution in [2.24, 2.45) is 10.4 Å². The summed E-state index contributed by atoms with van der Waals surface area (Å²) in [4.78, 5) is 42.3. The van der Waals surface area contributed by atoms with E-state index >= 15 is 0 Å². The van der Waals surface area contributed by atoms with Gasteiger partial charge in [-0.15, -0.1) is 11.8 Å². The Morgan fingerprint density at radius 1 is 1.38 bits per heavy atom. The third-order valence-electron chi connectivity index (χ3n) is 4.42. The lowest BCUT2D eigenvalue weighted by atomic mass is 9.84. The van der Waals surface area contributed by atoms with Gasteiger partial charge in [0.25, 0.3) is 5.91 Å². The van der Waals surface area contributed by atoms with E-state index in [1.807, 2.05) is 6.92 Å². The summed E-state index contributed by atoms with van der Waals surface area (Å²) < 4.78 is 5.30. The zero-order valence-corrected chi connectivity index (χ0v) is 16.6. The summed E-state index contributed by atoms with van der Waals surface area (Å²) >= 11 is 1.33. The number of ketones is 1. The predicted octanol–water partition coefficient (Wildman–Crippen LogP) is 2.99. The minimum absolute atomic E-state index is 0.231. The normalized spacial score (nSPS) is 17.7. The average Bonchev–Trinajstić information content (AvgIpc) is 3.12. The fourth-order valence-electron chi connectivity index (χ4n) is 2.31. The Hall–Kier alpha value is -1.89. The molecule has 0 saturated carbocycles. The fraction of sp³-hybridized carbons (Fsp3) is 0.579. The van der Waals surface area contributed by atoms with Gasteiger partial charge in [0.2, 0.25) is 5.78 Å². The maximum absolute atomic E-state index is 12.5. The second kappa shape index (κ2) is 10.3. The number of nitrogens with zero attached hydrogens (tertiary/aromatic N) is 2. The maximum atomic E-state index is 12.5. The van der Waals surface area contributed by atoms with Gasteiger partial charge < -0.3 is 9.64 Å². The Morgan fingerprint density at radius 3 is 2.65 bits per heavy atom. The summed E-state index contributed by atoms with van der Waals surface area (Å²) in [6, 6.07) is 0. The van der Waals surface area contributed by atoms with Crippen molar-refractivity contribution in [3.63, 3.8) is 0 Å². The van der Waals surface area contributed by atoms with Crippen LogP contribution in [0, 0.1) is 5.41 Å². The van der Waals surface area contributed by atoms with Gasteiger partial charge in [0.05, 0.1) is 6.61 Å². The molecule has 0 aromatic carbocycles. The van der Waals surface area contributed by atoms with Crippen molar-refractivity contribution in [1.82, 2.24) is 4.90 Å². The molecule has 0 bridgehead atoms. The number of Topliss-reactive ketones (excluding diaryl/α,β-unsaturated/α-hetero) is 1. The zero-order chi connectivity index (χ0) is 19.7. The zero-order valence-electron chi connectivity index (χ0n) is 15.8. The second-order valence-electron chi connectivity index (χ2n) is 6.65. The lowest BCUT2D eigenvalue weighted by Crippen LogP contribution is -2.47. The van der Waals surface area contributed by atoms with Crippen molar-refractivity contribution in [1.29, 1.82) is 0 Å². The molecule has 1 amide bonds. The summed E-state index contributed by atoms with van der Waals surface area (Å²) in [6.45, 7) is 13.0. The van der Waals surface area contributed by atoms with Crippen LogP contribution in [-0.4, -0.2) is 53.6 Å². The number of hydrogen-bond donors (Lipinski definition) is 0. The summed E-state index contributed by atoms with van der Waals surface area (Å²) in [5, 5.41) is -0.747. The van der Waals surface area contributed by atoms with Gasteiger partial charge in [-0.1, -0.05) is 33.4 Å². The van der Waals surface area contributed by atoms with Crippen LogP contribution < -0.4 is 0 Å². The van der Waals surface area contributed by atoms with Crippen LogP contribution in [0.15, 0.2) is 29.4 Å². The van der Waals surface area contributed by atoms with Crippen molar-refractivity contribution in [2.75, 3.05) is 18.9 Å². The smallest absolute Gasteiger partial charge is 0.339 e. The minimum Gasteiger partial charge on any atom is -0.464 e. The van der Waals surface area contributed by atoms with Gasteiger partial charge in [-0.25, -0.2) is 4.79 Å². The molecular formula is C19H28N2O4S. The van der Waals surface area contributed by atoms with Crippen LogP contribution in [0.2, 0.25) is 0 Å². The van der Waals surface area contributed by atoms with Crippen molar-refractivity contribution in [3.8, 4) is 0 Å². The summed E-state index contributed by atoms with van der Waals surface area (Å²) in [5.41, 5.74) is 0.182. The lowest BCUT2D eigenvalue weighted by Gasteiger charge is -2.26. The number of allylic oxidation sites excluding steroid dienone is 2. The largest absolute Gasteiger partial charge is 0.464 e. The van der Waals surface area contributed by atoms with E-state index in [1.165, 1.54) is 16.7 Å². The topological polar surface area (TPSA) is 76.0 Å². The number of hydrogen-bond acceptors (Lipinski definition) is 6. The first kappa shape index (κ1) is 22.2. The van der Waals surface area contributed by atoms with Crippen LogP contribution in [0.3, 0.4) is 0 Å². The Bertz CT molecular complexity index is 598. The molecular weight excluding hydrogens is 352 g/mol. The minimum atomic E-state index is -0.747. The molecule has 0 unspecified atom stereocenters. The standard InChI is InChI=1S/C19H28N2O4S/c1-6-14(13-20-5)9-8-11-25-18(24)17-21(10-12-26-17)16(23)15(22)19(3,4)7-2/h6,13,17H,1,5,7-12H2,2-4H3/b14-13+/t17-/m1/s1. The molecule has 1 rings (SSSR count). The Morgan fingerprint density at radius 2 is 2.08 bits per heavy atom. The van der Waals surface area contributed by atoms with Crippen LogP contribution >= 0.6 is 11.8 Å². The first-order valence-electron chi connectivity index (χ1n) is 8.69. The van der Waals surface area contributed by atoms with Gasteiger partial charge >= 0.3 is 5.97 Å². The number of amides is 1. The number of esters is 1. The highest BCUT2D eigenvalue weighted by atomic mass is 32.2. The Labute approximate surface area is 159 Å². The van der Waals surface area contributed by atoms with Gasteiger partial charge in [0.1, 0.15) is 0 Å². The van der Waals surface area contributed by atoms with E-state index in [0.29, 0.717) is 31.6 Å². The Kier molecular flexibility index (Phi) is 8.78. The molecule has 1 aliphatic rings. The molecule has 0 radical (unpaired) electrons. The first-order chi connectivity index (χ1) is 12.3. The summed E-state index contributed by atoms with van der Waals surface area (Å²) in [6.07, 6.45) is 5.14. The second-order valence-corrected chi connectivity index (χ2v) is 7.84. The molecule has 7 heteroatoms. The molecule has 0 spiro atoms. The maximum Gasteiger partial charge on any atom is 0.339 e. The quantitative estimate of drug-likeness (QED) is 0.191.